The van der Waals surface area contributed by atoms with Crippen LogP contribution in [0.3, 0.4) is 0 Å². The third kappa shape index (κ3) is 14.7. The van der Waals surface area contributed by atoms with Crippen LogP contribution < -0.4 is 26.6 Å². The Hall–Kier alpha value is -1.68. The molecule has 0 bridgehead atoms. The number of aliphatic hydroxyl groups excluding tert-OH is 1. The van der Waals surface area contributed by atoms with Crippen LogP contribution >= 0.6 is 11.8 Å². The lowest BCUT2D eigenvalue weighted by molar-refractivity contribution is -0.122. The molecule has 0 unspecified atom stereocenters. The number of unbranched alkanes of at least 4 members (excludes halogenated alkanes) is 2. The first-order valence-corrected chi connectivity index (χ1v) is 18.3. The average molecular weight is 709 g/mol. The Morgan fingerprint density at radius 2 is 1.65 bits per heavy atom. The van der Waals surface area contributed by atoms with E-state index in [4.69, 9.17) is 25.2 Å². The van der Waals surface area contributed by atoms with E-state index in [2.05, 4.69) is 40.4 Å². The van der Waals surface area contributed by atoms with Gasteiger partial charge in [0.15, 0.2) is 0 Å². The maximum absolute atomic E-state index is 12.5. The summed E-state index contributed by atoms with van der Waals surface area (Å²) in [6.07, 6.45) is 1.22. The first-order valence-electron chi connectivity index (χ1n) is 21.2. The Balaban J connectivity index is 1.21. The van der Waals surface area contributed by atoms with Gasteiger partial charge < -0.3 is 45.9 Å². The Bertz CT molecular complexity index is 1290. The highest BCUT2D eigenvalue weighted by Crippen LogP contribution is 2.47. The summed E-state index contributed by atoms with van der Waals surface area (Å²) < 4.78 is 80.2. The number of carbonyl (C=O) groups excluding carboxylic acids is 3. The van der Waals surface area contributed by atoms with Crippen molar-refractivity contribution in [3.63, 3.8) is 0 Å². The molecule has 3 fully saturated rings. The van der Waals surface area contributed by atoms with Gasteiger partial charge in [0.2, 0.25) is 11.8 Å². The number of rotatable bonds is 26. The summed E-state index contributed by atoms with van der Waals surface area (Å²) in [4.78, 5) is 38.4. The number of carbonyl (C=O) groups is 3. The van der Waals surface area contributed by atoms with Gasteiger partial charge in [0, 0.05) is 55.2 Å². The number of likely N-dealkylation sites (N-methyl/N-ethyl adjacent to an activating group) is 1. The van der Waals surface area contributed by atoms with Crippen LogP contribution in [0.4, 0.5) is 4.79 Å². The van der Waals surface area contributed by atoms with Crippen molar-refractivity contribution in [2.24, 2.45) is 0 Å². The quantitative estimate of drug-likeness (QED) is 0.0577. The van der Waals surface area contributed by atoms with Gasteiger partial charge >= 0.3 is 6.03 Å². The normalized spacial score (nSPS) is 30.4. The highest BCUT2D eigenvalue weighted by Gasteiger charge is 2.60. The molecule has 0 aromatic carbocycles. The van der Waals surface area contributed by atoms with Crippen LogP contribution in [-0.2, 0) is 23.8 Å². The van der Waals surface area contributed by atoms with Crippen LogP contribution in [0.2, 0.25) is 0 Å². The van der Waals surface area contributed by atoms with Gasteiger partial charge in [0.25, 0.3) is 0 Å². The zero-order chi connectivity index (χ0) is 41.8. The summed E-state index contributed by atoms with van der Waals surface area (Å²) in [5, 5.41) is 24.2. The minimum atomic E-state index is -2.77. The van der Waals surface area contributed by atoms with Crippen molar-refractivity contribution in [3.8, 4) is 0 Å². The first kappa shape index (κ1) is 30.0. The maximum Gasteiger partial charge on any atom is 0.315 e. The number of aliphatic hydroxyl groups is 1. The van der Waals surface area contributed by atoms with Gasteiger partial charge in [-0.2, -0.15) is 11.8 Å². The smallest absolute Gasteiger partial charge is 0.315 e. The van der Waals surface area contributed by atoms with Crippen molar-refractivity contribution in [2.75, 3.05) is 85.1 Å². The van der Waals surface area contributed by atoms with Gasteiger partial charge in [0.1, 0.15) is 0 Å². The summed E-state index contributed by atoms with van der Waals surface area (Å²) in [6.45, 7) is -2.50. The van der Waals surface area contributed by atoms with E-state index in [0.717, 1.165) is 31.4 Å². The highest BCUT2D eigenvalue weighted by molar-refractivity contribution is 8.00. The molecule has 48 heavy (non-hydrogen) atoms. The fraction of sp³-hybridized carbons (Fsp3) is 0.912. The molecule has 1 aliphatic carbocycles. The predicted molar refractivity (Wildman–Crippen MR) is 189 cm³/mol. The SMILES string of the molecule is [2H]C([2H])(CNCCC(=O)NC1CCC(O)CC1)C([2H])([2H])OCCOCCOC([2H])([2H])C([2H])([2H])CNC(=O)CN(C)CCCCC[C@@H]1SC[C@]2(C)NC(=O)N[C@]12C. The topological polar surface area (TPSA) is 163 Å². The van der Waals surface area contributed by atoms with E-state index in [9.17, 15) is 19.5 Å². The third-order valence-corrected chi connectivity index (χ3v) is 11.0. The number of thioether (sulfide) groups is 1. The monoisotopic (exact) mass is 709 g/mol. The van der Waals surface area contributed by atoms with Crippen molar-refractivity contribution in [1.29, 1.82) is 0 Å². The van der Waals surface area contributed by atoms with E-state index in [1.54, 1.807) is 7.05 Å². The van der Waals surface area contributed by atoms with Crippen LogP contribution in [0.5, 0.6) is 0 Å². The van der Waals surface area contributed by atoms with Crippen LogP contribution in [-0.4, -0.2) is 141 Å². The lowest BCUT2D eigenvalue weighted by atomic mass is 9.79. The Morgan fingerprint density at radius 3 is 2.38 bits per heavy atom. The van der Waals surface area contributed by atoms with E-state index in [1.165, 1.54) is 0 Å². The van der Waals surface area contributed by atoms with Crippen molar-refractivity contribution in [3.05, 3.63) is 0 Å². The van der Waals surface area contributed by atoms with Crippen LogP contribution in [0.25, 0.3) is 0 Å². The molecular weight excluding hydrogens is 636 g/mol. The standard InChI is InChI=1S/C34H64N6O7S/c1-33-26-48-29(34(33,2)39-32(44)38-33)9-5-4-6-18-40(3)25-31(43)36-16-8-20-46-22-24-47-23-21-45-19-7-15-35-17-14-30(42)37-27-10-12-28(41)13-11-27/h27-29,35,41H,4-26H2,1-3H3,(H,36,43)(H,37,42)(H2,38,39,44)/t27?,28?,29-,33-,34+/m0/s1/i7D2,8D2,19D2,20D2. The molecule has 2 aliphatic heterocycles. The number of hydrogen-bond acceptors (Lipinski definition) is 10. The molecule has 3 aliphatic rings. The number of fused-ring (bicyclic) bond motifs is 1. The second kappa shape index (κ2) is 22.2. The van der Waals surface area contributed by atoms with Gasteiger partial charge in [-0.25, -0.2) is 4.79 Å². The molecule has 1 saturated carbocycles. The number of amides is 4. The number of ether oxygens (including phenoxy) is 3. The second-order valence-electron chi connectivity index (χ2n) is 13.1. The summed E-state index contributed by atoms with van der Waals surface area (Å²) in [6, 6.07) is -0.105. The Labute approximate surface area is 303 Å². The van der Waals surface area contributed by atoms with Gasteiger partial charge in [-0.05, 0) is 85.3 Å². The average Bonchev–Trinajstić information content (AvgIpc) is 3.48. The summed E-state index contributed by atoms with van der Waals surface area (Å²) in [7, 11) is 1.79. The van der Waals surface area contributed by atoms with E-state index in [0.29, 0.717) is 37.5 Å². The van der Waals surface area contributed by atoms with Crippen molar-refractivity contribution >= 4 is 29.6 Å². The Kier molecular flexibility index (Phi) is 13.9. The lowest BCUT2D eigenvalue weighted by Crippen LogP contribution is -2.58. The zero-order valence-corrected chi connectivity index (χ0v) is 29.7. The van der Waals surface area contributed by atoms with Crippen LogP contribution in [0.15, 0.2) is 0 Å². The van der Waals surface area contributed by atoms with E-state index in [-0.39, 0.29) is 81.1 Å². The number of nitrogens with one attached hydrogen (secondary N) is 5. The maximum atomic E-state index is 12.5. The predicted octanol–water partition coefficient (Wildman–Crippen LogP) is 1.77. The van der Waals surface area contributed by atoms with Crippen LogP contribution in [0.1, 0.15) is 95.3 Å². The number of hydrogen-bond donors (Lipinski definition) is 6. The lowest BCUT2D eigenvalue weighted by Gasteiger charge is -2.35. The zero-order valence-electron chi connectivity index (χ0n) is 36.9. The fourth-order valence-corrected chi connectivity index (χ4v) is 7.97. The molecule has 3 atom stereocenters. The third-order valence-electron chi connectivity index (χ3n) is 9.17. The fourth-order valence-electron chi connectivity index (χ4n) is 6.08. The molecule has 2 saturated heterocycles. The van der Waals surface area contributed by atoms with Gasteiger partial charge in [0.05, 0.1) is 55.6 Å². The highest BCUT2D eigenvalue weighted by atomic mass is 32.2. The van der Waals surface area contributed by atoms with E-state index in [1.807, 2.05) is 16.7 Å². The minimum Gasteiger partial charge on any atom is -0.393 e. The summed E-state index contributed by atoms with van der Waals surface area (Å²) >= 11 is 1.88. The summed E-state index contributed by atoms with van der Waals surface area (Å²) in [5.74, 6) is 0.216. The van der Waals surface area contributed by atoms with E-state index >= 15 is 0 Å². The molecule has 0 radical (unpaired) electrons. The molecule has 0 spiro atoms. The Morgan fingerprint density at radius 1 is 0.958 bits per heavy atom. The molecule has 0 aromatic heterocycles. The van der Waals surface area contributed by atoms with Crippen molar-refractivity contribution < 1.29 is 44.7 Å². The van der Waals surface area contributed by atoms with E-state index < -0.39 is 44.9 Å². The molecular formula is C34H64N6O7S. The molecule has 4 amide bonds. The first-order chi connectivity index (χ1) is 26.0. The van der Waals surface area contributed by atoms with Crippen molar-refractivity contribution in [2.45, 2.75) is 113 Å². The molecule has 2 heterocycles. The van der Waals surface area contributed by atoms with Crippen molar-refractivity contribution in [1.82, 2.24) is 31.5 Å². The molecule has 6 N–H and O–H groups in total. The molecule has 278 valence electrons. The molecule has 0 aromatic rings. The molecule has 3 rings (SSSR count). The molecule has 13 nitrogen and oxygen atoms in total. The van der Waals surface area contributed by atoms with Crippen LogP contribution in [0, 0.1) is 0 Å². The van der Waals surface area contributed by atoms with Gasteiger partial charge in [-0.15, -0.1) is 0 Å². The minimum absolute atomic E-state index is 0.00989. The number of nitrogens with zero attached hydrogens (tertiary/aromatic N) is 1. The summed E-state index contributed by atoms with van der Waals surface area (Å²) in [5.41, 5.74) is -0.541. The second-order valence-corrected chi connectivity index (χ2v) is 14.3. The number of urea groups is 1. The molecule has 14 heteroatoms. The van der Waals surface area contributed by atoms with Gasteiger partial charge in [-0.3, -0.25) is 14.5 Å². The largest absolute Gasteiger partial charge is 0.393 e. The van der Waals surface area contributed by atoms with Gasteiger partial charge in [-0.1, -0.05) is 12.8 Å².